The third-order valence-corrected chi connectivity index (χ3v) is 1.99. The summed E-state index contributed by atoms with van der Waals surface area (Å²) < 4.78 is 0. The molecule has 0 atom stereocenters. The van der Waals surface area contributed by atoms with E-state index in [-0.39, 0.29) is 17.3 Å². The minimum Gasteiger partial charge on any atom is -0.300 e. The van der Waals surface area contributed by atoms with Gasteiger partial charge in [0.05, 0.1) is 0 Å². The monoisotopic (exact) mass is 198 g/mol. The largest absolute Gasteiger partial charge is 0.300 e. The zero-order valence-corrected chi connectivity index (χ0v) is 8.97. The van der Waals surface area contributed by atoms with Gasteiger partial charge in [-0.2, -0.15) is 0 Å². The Labute approximate surface area is 84.9 Å². The van der Waals surface area contributed by atoms with Gasteiger partial charge in [0.2, 0.25) is 0 Å². The Morgan fingerprint density at radius 1 is 0.714 bits per heavy atom. The molecule has 0 aliphatic rings. The van der Waals surface area contributed by atoms with E-state index in [0.717, 1.165) is 12.8 Å². The molecule has 0 saturated carbocycles. The fourth-order valence-corrected chi connectivity index (χ4v) is 1.14. The molecule has 0 heterocycles. The Hall–Kier alpha value is -0.990. The quantitative estimate of drug-likeness (QED) is 0.561. The fraction of sp³-hybridized carbons (Fsp3) is 0.727. The molecule has 0 saturated heterocycles. The van der Waals surface area contributed by atoms with Crippen LogP contribution in [0.15, 0.2) is 0 Å². The highest BCUT2D eigenvalue weighted by molar-refractivity contribution is 5.84. The predicted molar refractivity (Wildman–Crippen MR) is 54.1 cm³/mol. The van der Waals surface area contributed by atoms with Gasteiger partial charge in [0.25, 0.3) is 0 Å². The van der Waals surface area contributed by atoms with Crippen molar-refractivity contribution in [3.63, 3.8) is 0 Å². The van der Waals surface area contributed by atoms with Crippen LogP contribution in [0.2, 0.25) is 0 Å². The first-order valence-corrected chi connectivity index (χ1v) is 5.03. The molecule has 0 bridgehead atoms. The summed E-state index contributed by atoms with van der Waals surface area (Å²) in [7, 11) is 0. The summed E-state index contributed by atoms with van der Waals surface area (Å²) in [4.78, 5) is 32.3. The Morgan fingerprint density at radius 2 is 1.21 bits per heavy atom. The van der Waals surface area contributed by atoms with Gasteiger partial charge in [-0.05, 0) is 26.7 Å². The second kappa shape index (κ2) is 7.42. The van der Waals surface area contributed by atoms with Gasteiger partial charge < -0.3 is 9.59 Å². The second-order valence-corrected chi connectivity index (χ2v) is 3.65. The van der Waals surface area contributed by atoms with Gasteiger partial charge in [0.1, 0.15) is 17.3 Å². The third-order valence-electron chi connectivity index (χ3n) is 1.99. The highest BCUT2D eigenvalue weighted by Gasteiger charge is 2.03. The van der Waals surface area contributed by atoms with Gasteiger partial charge in [-0.1, -0.05) is 0 Å². The van der Waals surface area contributed by atoms with Crippen LogP contribution in [0.3, 0.4) is 0 Å². The van der Waals surface area contributed by atoms with Crippen molar-refractivity contribution >= 4 is 17.3 Å². The van der Waals surface area contributed by atoms with Crippen molar-refractivity contribution in [3.05, 3.63) is 0 Å². The van der Waals surface area contributed by atoms with E-state index in [1.165, 1.54) is 6.92 Å². The molecule has 0 N–H and O–H groups in total. The van der Waals surface area contributed by atoms with Crippen molar-refractivity contribution in [1.82, 2.24) is 0 Å². The molecule has 0 aromatic rings. The molecule has 0 radical (unpaired) electrons. The standard InChI is InChI=1S/C11H18O3/c1-9(12)5-3-4-6-11(14)8-7-10(2)13/h3-8H2,1-2H3. The van der Waals surface area contributed by atoms with Crippen LogP contribution in [0.4, 0.5) is 0 Å². The van der Waals surface area contributed by atoms with Crippen LogP contribution >= 0.6 is 0 Å². The van der Waals surface area contributed by atoms with E-state index in [1.807, 2.05) is 0 Å². The van der Waals surface area contributed by atoms with Crippen molar-refractivity contribution in [2.75, 3.05) is 0 Å². The Kier molecular flexibility index (Phi) is 6.89. The highest BCUT2D eigenvalue weighted by atomic mass is 16.1. The fourth-order valence-electron chi connectivity index (χ4n) is 1.14. The Morgan fingerprint density at radius 3 is 1.71 bits per heavy atom. The average Bonchev–Trinajstić information content (AvgIpc) is 2.08. The number of hydrogen-bond acceptors (Lipinski definition) is 3. The molecule has 0 aromatic carbocycles. The van der Waals surface area contributed by atoms with Crippen LogP contribution in [0.1, 0.15) is 52.4 Å². The molecule has 0 aliphatic carbocycles. The van der Waals surface area contributed by atoms with Gasteiger partial charge >= 0.3 is 0 Å². The summed E-state index contributed by atoms with van der Waals surface area (Å²) in [6.45, 7) is 3.04. The molecule has 80 valence electrons. The third kappa shape index (κ3) is 9.10. The van der Waals surface area contributed by atoms with Crippen molar-refractivity contribution in [2.24, 2.45) is 0 Å². The maximum Gasteiger partial charge on any atom is 0.133 e. The number of carbonyl (C=O) groups is 3. The lowest BCUT2D eigenvalue weighted by Crippen LogP contribution is -2.01. The predicted octanol–water partition coefficient (Wildman–Crippen LogP) is 2.07. The molecule has 0 unspecified atom stereocenters. The summed E-state index contributed by atoms with van der Waals surface area (Å²) in [6, 6.07) is 0. The van der Waals surface area contributed by atoms with Crippen LogP contribution in [-0.4, -0.2) is 17.3 Å². The van der Waals surface area contributed by atoms with Crippen LogP contribution in [0.25, 0.3) is 0 Å². The minimum absolute atomic E-state index is 0.0575. The first-order valence-electron chi connectivity index (χ1n) is 5.03. The van der Waals surface area contributed by atoms with E-state index in [2.05, 4.69) is 0 Å². The molecule has 0 spiro atoms. The molecular formula is C11H18O3. The second-order valence-electron chi connectivity index (χ2n) is 3.65. The lowest BCUT2D eigenvalue weighted by atomic mass is 10.1. The van der Waals surface area contributed by atoms with Crippen molar-refractivity contribution < 1.29 is 14.4 Å². The van der Waals surface area contributed by atoms with Gasteiger partial charge in [-0.15, -0.1) is 0 Å². The smallest absolute Gasteiger partial charge is 0.133 e. The lowest BCUT2D eigenvalue weighted by Gasteiger charge is -1.98. The SMILES string of the molecule is CC(=O)CCCCC(=O)CCC(C)=O. The van der Waals surface area contributed by atoms with E-state index >= 15 is 0 Å². The molecule has 0 aliphatic heterocycles. The number of rotatable bonds is 8. The summed E-state index contributed by atoms with van der Waals surface area (Å²) in [6.07, 6.45) is 3.30. The van der Waals surface area contributed by atoms with Crippen LogP contribution in [0, 0.1) is 0 Å². The molecule has 0 rings (SSSR count). The topological polar surface area (TPSA) is 51.2 Å². The van der Waals surface area contributed by atoms with E-state index in [1.54, 1.807) is 6.92 Å². The Bertz CT molecular complexity index is 219. The molecule has 14 heavy (non-hydrogen) atoms. The highest BCUT2D eigenvalue weighted by Crippen LogP contribution is 2.04. The van der Waals surface area contributed by atoms with E-state index in [4.69, 9.17) is 0 Å². The normalized spacial score (nSPS) is 9.86. The summed E-state index contributed by atoms with van der Waals surface area (Å²) in [5.41, 5.74) is 0. The number of ketones is 3. The van der Waals surface area contributed by atoms with Gasteiger partial charge in [-0.25, -0.2) is 0 Å². The summed E-state index contributed by atoms with van der Waals surface area (Å²) in [5, 5.41) is 0. The van der Waals surface area contributed by atoms with Crippen LogP contribution in [0.5, 0.6) is 0 Å². The molecular weight excluding hydrogens is 180 g/mol. The van der Waals surface area contributed by atoms with Crippen molar-refractivity contribution in [3.8, 4) is 0 Å². The number of carbonyl (C=O) groups excluding carboxylic acids is 3. The zero-order chi connectivity index (χ0) is 11.0. The number of unbranched alkanes of at least 4 members (excludes halogenated alkanes) is 1. The van der Waals surface area contributed by atoms with Crippen molar-refractivity contribution in [1.29, 1.82) is 0 Å². The van der Waals surface area contributed by atoms with Crippen molar-refractivity contribution in [2.45, 2.75) is 52.4 Å². The molecule has 0 amide bonds. The molecule has 0 fully saturated rings. The number of hydrogen-bond donors (Lipinski definition) is 0. The maximum atomic E-state index is 11.2. The van der Waals surface area contributed by atoms with Crippen LogP contribution < -0.4 is 0 Å². The Balaban J connectivity index is 3.36. The zero-order valence-electron chi connectivity index (χ0n) is 8.97. The number of Topliss-reactive ketones (excluding diaryl/α,β-unsaturated/α-hetero) is 3. The molecule has 3 heteroatoms. The summed E-state index contributed by atoms with van der Waals surface area (Å²) >= 11 is 0. The molecule has 0 aromatic heterocycles. The maximum absolute atomic E-state index is 11.2. The van der Waals surface area contributed by atoms with E-state index < -0.39 is 0 Å². The van der Waals surface area contributed by atoms with E-state index in [0.29, 0.717) is 25.7 Å². The van der Waals surface area contributed by atoms with Crippen LogP contribution in [-0.2, 0) is 14.4 Å². The summed E-state index contributed by atoms with van der Waals surface area (Å²) in [5.74, 6) is 0.354. The van der Waals surface area contributed by atoms with E-state index in [9.17, 15) is 14.4 Å². The minimum atomic E-state index is 0.0575. The lowest BCUT2D eigenvalue weighted by molar-refractivity contribution is -0.123. The van der Waals surface area contributed by atoms with Gasteiger partial charge in [0, 0.05) is 25.7 Å². The van der Waals surface area contributed by atoms with Gasteiger partial charge in [0.15, 0.2) is 0 Å². The first-order chi connectivity index (χ1) is 6.52. The van der Waals surface area contributed by atoms with Gasteiger partial charge in [-0.3, -0.25) is 4.79 Å². The first kappa shape index (κ1) is 13.0. The average molecular weight is 198 g/mol. The molecule has 3 nitrogen and oxygen atoms in total.